The van der Waals surface area contributed by atoms with Crippen LogP contribution < -0.4 is 5.32 Å². The summed E-state index contributed by atoms with van der Waals surface area (Å²) in [4.78, 5) is 45.0. The molecule has 0 radical (unpaired) electrons. The van der Waals surface area contributed by atoms with Gasteiger partial charge < -0.3 is 15.1 Å². The Balaban J connectivity index is 1.58. The molecule has 0 saturated carbocycles. The fraction of sp³-hybridized carbons (Fsp3) is 0.429. The minimum atomic E-state index is -0.428. The normalized spacial score (nSPS) is 13.5. The molecule has 1 aliphatic heterocycles. The number of hydrogen-bond donors (Lipinski definition) is 1. The third-order valence-electron chi connectivity index (χ3n) is 4.88. The van der Waals surface area contributed by atoms with Crippen molar-refractivity contribution in [2.24, 2.45) is 0 Å². The Hall–Kier alpha value is -2.81. The van der Waals surface area contributed by atoms with Crippen LogP contribution in [0.15, 0.2) is 29.6 Å². The topological polar surface area (TPSA) is 82.6 Å². The smallest absolute Gasteiger partial charge is 0.254 e. The predicted octanol–water partition coefficient (Wildman–Crippen LogP) is 2.94. The van der Waals surface area contributed by atoms with E-state index in [9.17, 15) is 18.8 Å². The molecule has 30 heavy (non-hydrogen) atoms. The van der Waals surface area contributed by atoms with Crippen molar-refractivity contribution >= 4 is 34.2 Å². The molecule has 0 spiro atoms. The highest BCUT2D eigenvalue weighted by Crippen LogP contribution is 2.18. The molecule has 3 amide bonds. The Morgan fingerprint density at radius 2 is 1.87 bits per heavy atom. The molecule has 9 heteroatoms. The summed E-state index contributed by atoms with van der Waals surface area (Å²) in [5, 5.41) is 4.84. The lowest BCUT2D eigenvalue weighted by Crippen LogP contribution is -2.42. The number of carbonyl (C=O) groups excluding carboxylic acids is 3. The predicted molar refractivity (Wildman–Crippen MR) is 113 cm³/mol. The minimum Gasteiger partial charge on any atom is -0.342 e. The number of rotatable bonds is 7. The molecule has 0 aliphatic carbocycles. The number of hydrogen-bond acceptors (Lipinski definition) is 5. The van der Waals surface area contributed by atoms with E-state index in [4.69, 9.17) is 0 Å². The standard InChI is InChI=1S/C21H25FN4O3S/c1-14(2)26(20(29)15-5-7-16(22)8-6-15)12-18(27)24-21-23-17(13-30-21)11-19(28)25-9-3-4-10-25/h5-8,13-14H,3-4,9-12H2,1-2H3,(H,23,24,27). The number of aromatic nitrogens is 1. The highest BCUT2D eigenvalue weighted by atomic mass is 32.1. The molecule has 1 N–H and O–H groups in total. The van der Waals surface area contributed by atoms with Gasteiger partial charge in [-0.05, 0) is 51.0 Å². The summed E-state index contributed by atoms with van der Waals surface area (Å²) in [6, 6.07) is 5.00. The number of benzene rings is 1. The Labute approximate surface area is 178 Å². The van der Waals surface area contributed by atoms with Gasteiger partial charge in [0.2, 0.25) is 11.8 Å². The van der Waals surface area contributed by atoms with E-state index in [1.807, 2.05) is 4.90 Å². The van der Waals surface area contributed by atoms with Crippen LogP contribution in [0.5, 0.6) is 0 Å². The molecule has 3 rings (SSSR count). The van der Waals surface area contributed by atoms with Gasteiger partial charge in [0.05, 0.1) is 12.1 Å². The molecular formula is C21H25FN4O3S. The van der Waals surface area contributed by atoms with Crippen LogP contribution in [0.1, 0.15) is 42.7 Å². The number of anilines is 1. The van der Waals surface area contributed by atoms with E-state index in [0.29, 0.717) is 16.4 Å². The molecule has 1 aromatic carbocycles. The maximum atomic E-state index is 13.1. The number of thiazole rings is 1. The van der Waals surface area contributed by atoms with Crippen molar-refractivity contribution in [3.8, 4) is 0 Å². The second kappa shape index (κ2) is 9.80. The zero-order valence-corrected chi connectivity index (χ0v) is 17.9. The molecule has 1 saturated heterocycles. The van der Waals surface area contributed by atoms with Gasteiger partial charge in [0, 0.05) is 30.1 Å². The number of amides is 3. The lowest BCUT2D eigenvalue weighted by Gasteiger charge is -2.26. The maximum absolute atomic E-state index is 13.1. The van der Waals surface area contributed by atoms with Crippen molar-refractivity contribution in [1.82, 2.24) is 14.8 Å². The van der Waals surface area contributed by atoms with Gasteiger partial charge in [0.15, 0.2) is 5.13 Å². The lowest BCUT2D eigenvalue weighted by molar-refractivity contribution is -0.129. The first kappa shape index (κ1) is 21.9. The highest BCUT2D eigenvalue weighted by molar-refractivity contribution is 7.13. The summed E-state index contributed by atoms with van der Waals surface area (Å²) in [7, 11) is 0. The minimum absolute atomic E-state index is 0.0477. The zero-order valence-electron chi connectivity index (χ0n) is 17.1. The summed E-state index contributed by atoms with van der Waals surface area (Å²) < 4.78 is 13.1. The van der Waals surface area contributed by atoms with Crippen molar-refractivity contribution in [2.75, 3.05) is 25.0 Å². The summed E-state index contributed by atoms with van der Waals surface area (Å²) in [6.07, 6.45) is 2.29. The van der Waals surface area contributed by atoms with E-state index < -0.39 is 5.82 Å². The number of carbonyl (C=O) groups is 3. The van der Waals surface area contributed by atoms with Gasteiger partial charge in [0.1, 0.15) is 12.4 Å². The van der Waals surface area contributed by atoms with Crippen LogP contribution in [0.2, 0.25) is 0 Å². The van der Waals surface area contributed by atoms with Gasteiger partial charge in [-0.1, -0.05) is 0 Å². The molecule has 7 nitrogen and oxygen atoms in total. The third kappa shape index (κ3) is 5.63. The first-order valence-electron chi connectivity index (χ1n) is 9.92. The van der Waals surface area contributed by atoms with E-state index in [0.717, 1.165) is 25.9 Å². The maximum Gasteiger partial charge on any atom is 0.254 e. The third-order valence-corrected chi connectivity index (χ3v) is 5.69. The van der Waals surface area contributed by atoms with Crippen LogP contribution >= 0.6 is 11.3 Å². The molecule has 0 unspecified atom stereocenters. The van der Waals surface area contributed by atoms with Gasteiger partial charge in [0.25, 0.3) is 5.91 Å². The average Bonchev–Trinajstić information content (AvgIpc) is 3.38. The molecule has 0 bridgehead atoms. The van der Waals surface area contributed by atoms with Crippen molar-refractivity contribution in [3.63, 3.8) is 0 Å². The summed E-state index contributed by atoms with van der Waals surface area (Å²) >= 11 is 1.25. The monoisotopic (exact) mass is 432 g/mol. The van der Waals surface area contributed by atoms with E-state index >= 15 is 0 Å². The van der Waals surface area contributed by atoms with E-state index in [2.05, 4.69) is 10.3 Å². The van der Waals surface area contributed by atoms with Gasteiger partial charge >= 0.3 is 0 Å². The van der Waals surface area contributed by atoms with Crippen LogP contribution in [-0.4, -0.2) is 58.2 Å². The number of nitrogens with zero attached hydrogens (tertiary/aromatic N) is 3. The van der Waals surface area contributed by atoms with Crippen LogP contribution in [0, 0.1) is 5.82 Å². The summed E-state index contributed by atoms with van der Waals surface area (Å²) in [6.45, 7) is 5.04. The molecule has 1 fully saturated rings. The van der Waals surface area contributed by atoms with Gasteiger partial charge in [-0.3, -0.25) is 14.4 Å². The molecule has 1 aromatic heterocycles. The molecule has 0 atom stereocenters. The molecule has 2 heterocycles. The molecule has 2 aromatic rings. The van der Waals surface area contributed by atoms with Crippen molar-refractivity contribution < 1.29 is 18.8 Å². The van der Waals surface area contributed by atoms with Gasteiger partial charge in [-0.15, -0.1) is 11.3 Å². The van der Waals surface area contributed by atoms with Crippen LogP contribution in [0.3, 0.4) is 0 Å². The Morgan fingerprint density at radius 3 is 2.50 bits per heavy atom. The van der Waals surface area contributed by atoms with Crippen molar-refractivity contribution in [1.29, 1.82) is 0 Å². The second-order valence-corrected chi connectivity index (χ2v) is 8.35. The van der Waals surface area contributed by atoms with Gasteiger partial charge in [-0.2, -0.15) is 0 Å². The first-order chi connectivity index (χ1) is 14.3. The van der Waals surface area contributed by atoms with Gasteiger partial charge in [-0.25, -0.2) is 9.37 Å². The average molecular weight is 433 g/mol. The van der Waals surface area contributed by atoms with Crippen molar-refractivity contribution in [3.05, 3.63) is 46.7 Å². The molecular weight excluding hydrogens is 407 g/mol. The largest absolute Gasteiger partial charge is 0.342 e. The zero-order chi connectivity index (χ0) is 21.7. The number of nitrogens with one attached hydrogen (secondary N) is 1. The first-order valence-corrected chi connectivity index (χ1v) is 10.8. The Bertz CT molecular complexity index is 907. The Kier molecular flexibility index (Phi) is 7.15. The molecule has 1 aliphatic rings. The summed E-state index contributed by atoms with van der Waals surface area (Å²) in [5.41, 5.74) is 0.935. The van der Waals surface area contributed by atoms with Crippen molar-refractivity contribution in [2.45, 2.75) is 39.2 Å². The number of halogens is 1. The molecule has 160 valence electrons. The number of likely N-dealkylation sites (tertiary alicyclic amines) is 1. The fourth-order valence-corrected chi connectivity index (χ4v) is 3.97. The van der Waals surface area contributed by atoms with Crippen LogP contribution in [0.4, 0.5) is 9.52 Å². The van der Waals surface area contributed by atoms with Crippen LogP contribution in [0.25, 0.3) is 0 Å². The van der Waals surface area contributed by atoms with E-state index in [-0.39, 0.29) is 36.7 Å². The highest BCUT2D eigenvalue weighted by Gasteiger charge is 2.23. The second-order valence-electron chi connectivity index (χ2n) is 7.49. The fourth-order valence-electron chi connectivity index (χ4n) is 3.24. The van der Waals surface area contributed by atoms with E-state index in [1.165, 1.54) is 40.5 Å². The lowest BCUT2D eigenvalue weighted by atomic mass is 10.1. The van der Waals surface area contributed by atoms with Crippen LogP contribution in [-0.2, 0) is 16.0 Å². The Morgan fingerprint density at radius 1 is 1.20 bits per heavy atom. The SMILES string of the molecule is CC(C)N(CC(=O)Nc1nc(CC(=O)N2CCCC2)cs1)C(=O)c1ccc(F)cc1. The van der Waals surface area contributed by atoms with E-state index in [1.54, 1.807) is 19.2 Å². The summed E-state index contributed by atoms with van der Waals surface area (Å²) in [5.74, 6) is -1.11. The quantitative estimate of drug-likeness (QED) is 0.729.